The molecule has 0 unspecified atom stereocenters. The zero-order valence-electron chi connectivity index (χ0n) is 13.3. The van der Waals surface area contributed by atoms with Gasteiger partial charge in [-0.05, 0) is 31.9 Å². The molecular weight excluding hydrogens is 330 g/mol. The summed E-state index contributed by atoms with van der Waals surface area (Å²) in [7, 11) is -3.46. The SMILES string of the molecule is Cc1cc(OC2CCN(S(=O)(=O)c3ccccc3)CC2)cc(=O)o1. The van der Waals surface area contributed by atoms with Gasteiger partial charge in [0.2, 0.25) is 10.0 Å². The third-order valence-corrected chi connectivity index (χ3v) is 5.86. The van der Waals surface area contributed by atoms with Gasteiger partial charge in [0.15, 0.2) is 0 Å². The number of rotatable bonds is 4. The summed E-state index contributed by atoms with van der Waals surface area (Å²) < 4.78 is 37.3. The lowest BCUT2D eigenvalue weighted by molar-refractivity contribution is 0.134. The monoisotopic (exact) mass is 349 g/mol. The van der Waals surface area contributed by atoms with Gasteiger partial charge in [0.25, 0.3) is 0 Å². The summed E-state index contributed by atoms with van der Waals surface area (Å²) in [5.41, 5.74) is -0.450. The highest BCUT2D eigenvalue weighted by molar-refractivity contribution is 7.89. The number of hydrogen-bond donors (Lipinski definition) is 0. The molecular formula is C17H19NO5S. The topological polar surface area (TPSA) is 76.8 Å². The second kappa shape index (κ2) is 6.78. The number of sulfonamides is 1. The van der Waals surface area contributed by atoms with Crippen molar-refractivity contribution in [2.45, 2.75) is 30.8 Å². The van der Waals surface area contributed by atoms with E-state index in [1.165, 1.54) is 10.4 Å². The number of benzene rings is 1. The van der Waals surface area contributed by atoms with Gasteiger partial charge in [-0.2, -0.15) is 4.31 Å². The van der Waals surface area contributed by atoms with Crippen molar-refractivity contribution < 1.29 is 17.6 Å². The Kier molecular flexibility index (Phi) is 4.73. The minimum Gasteiger partial charge on any atom is -0.490 e. The predicted molar refractivity (Wildman–Crippen MR) is 88.6 cm³/mol. The van der Waals surface area contributed by atoms with Gasteiger partial charge < -0.3 is 9.15 Å². The molecule has 0 saturated carbocycles. The molecule has 3 rings (SSSR count). The van der Waals surface area contributed by atoms with Crippen molar-refractivity contribution in [2.24, 2.45) is 0 Å². The second-order valence-corrected chi connectivity index (χ2v) is 7.70. The van der Waals surface area contributed by atoms with Gasteiger partial charge in [-0.25, -0.2) is 13.2 Å². The van der Waals surface area contributed by atoms with Gasteiger partial charge >= 0.3 is 5.63 Å². The van der Waals surface area contributed by atoms with Crippen molar-refractivity contribution in [1.82, 2.24) is 4.31 Å². The molecule has 0 spiro atoms. The Morgan fingerprint density at radius 1 is 1.12 bits per heavy atom. The van der Waals surface area contributed by atoms with E-state index in [0.29, 0.717) is 42.3 Å². The maximum absolute atomic E-state index is 12.6. The number of aryl methyl sites for hydroxylation is 1. The van der Waals surface area contributed by atoms with E-state index in [1.807, 2.05) is 0 Å². The fourth-order valence-corrected chi connectivity index (χ4v) is 4.26. The molecule has 0 bridgehead atoms. The van der Waals surface area contributed by atoms with Crippen molar-refractivity contribution in [1.29, 1.82) is 0 Å². The predicted octanol–water partition coefficient (Wildman–Crippen LogP) is 2.18. The van der Waals surface area contributed by atoms with Crippen molar-refractivity contribution in [3.8, 4) is 5.75 Å². The molecule has 1 saturated heterocycles. The van der Waals surface area contributed by atoms with Crippen LogP contribution in [0.1, 0.15) is 18.6 Å². The molecule has 0 aliphatic carbocycles. The van der Waals surface area contributed by atoms with Crippen LogP contribution in [0.15, 0.2) is 56.6 Å². The van der Waals surface area contributed by atoms with Crippen molar-refractivity contribution in [3.63, 3.8) is 0 Å². The largest absolute Gasteiger partial charge is 0.490 e. The van der Waals surface area contributed by atoms with Crippen LogP contribution in [0.25, 0.3) is 0 Å². The summed E-state index contributed by atoms with van der Waals surface area (Å²) in [6.45, 7) is 2.47. The normalized spacial score (nSPS) is 16.9. The van der Waals surface area contributed by atoms with E-state index < -0.39 is 15.6 Å². The van der Waals surface area contributed by atoms with Crippen molar-refractivity contribution >= 4 is 10.0 Å². The Hall–Kier alpha value is -2.12. The van der Waals surface area contributed by atoms with Crippen LogP contribution < -0.4 is 10.4 Å². The highest BCUT2D eigenvalue weighted by Gasteiger charge is 2.30. The van der Waals surface area contributed by atoms with E-state index in [-0.39, 0.29) is 6.10 Å². The highest BCUT2D eigenvalue weighted by atomic mass is 32.2. The maximum Gasteiger partial charge on any atom is 0.339 e. The number of piperidine rings is 1. The van der Waals surface area contributed by atoms with Crippen LogP contribution in [0, 0.1) is 6.92 Å². The van der Waals surface area contributed by atoms with Crippen LogP contribution in [0.4, 0.5) is 0 Å². The molecule has 0 N–H and O–H groups in total. The molecule has 1 aliphatic heterocycles. The first kappa shape index (κ1) is 16.7. The maximum atomic E-state index is 12.6. The Labute approximate surface area is 140 Å². The standard InChI is InChI=1S/C17H19NO5S/c1-13-11-15(12-17(19)22-13)23-14-7-9-18(10-8-14)24(20,21)16-5-3-2-4-6-16/h2-6,11-12,14H,7-10H2,1H3. The first-order chi connectivity index (χ1) is 11.4. The number of ether oxygens (including phenoxy) is 1. The third kappa shape index (κ3) is 3.68. The van der Waals surface area contributed by atoms with E-state index in [1.54, 1.807) is 43.3 Å². The fraction of sp³-hybridized carbons (Fsp3) is 0.353. The van der Waals surface area contributed by atoms with Gasteiger partial charge in [0, 0.05) is 19.2 Å². The molecule has 0 amide bonds. The molecule has 2 heterocycles. The summed E-state index contributed by atoms with van der Waals surface area (Å²) in [5.74, 6) is 0.953. The summed E-state index contributed by atoms with van der Waals surface area (Å²) in [5, 5.41) is 0. The van der Waals surface area contributed by atoms with E-state index >= 15 is 0 Å². The minimum absolute atomic E-state index is 0.117. The summed E-state index contributed by atoms with van der Waals surface area (Å²) in [6, 6.07) is 11.4. The van der Waals surface area contributed by atoms with Crippen LogP contribution in [0.2, 0.25) is 0 Å². The Morgan fingerprint density at radius 2 is 1.79 bits per heavy atom. The quantitative estimate of drug-likeness (QED) is 0.845. The molecule has 6 nitrogen and oxygen atoms in total. The Morgan fingerprint density at radius 3 is 2.42 bits per heavy atom. The molecule has 1 aromatic carbocycles. The summed E-state index contributed by atoms with van der Waals surface area (Å²) in [6.07, 6.45) is 1.03. The van der Waals surface area contributed by atoms with Crippen LogP contribution in [-0.2, 0) is 10.0 Å². The molecule has 1 fully saturated rings. The van der Waals surface area contributed by atoms with Crippen LogP contribution in [0.5, 0.6) is 5.75 Å². The molecule has 0 atom stereocenters. The third-order valence-electron chi connectivity index (χ3n) is 3.95. The van der Waals surface area contributed by atoms with Gasteiger partial charge in [-0.15, -0.1) is 0 Å². The molecule has 7 heteroatoms. The average molecular weight is 349 g/mol. The van der Waals surface area contributed by atoms with Gasteiger partial charge in [-0.1, -0.05) is 18.2 Å². The number of nitrogens with zero attached hydrogens (tertiary/aromatic N) is 1. The Balaban J connectivity index is 1.64. The highest BCUT2D eigenvalue weighted by Crippen LogP contribution is 2.23. The van der Waals surface area contributed by atoms with E-state index in [4.69, 9.17) is 9.15 Å². The summed E-state index contributed by atoms with van der Waals surface area (Å²) in [4.78, 5) is 11.7. The lowest BCUT2D eigenvalue weighted by atomic mass is 10.1. The van der Waals surface area contributed by atoms with Gasteiger partial charge in [0.1, 0.15) is 17.6 Å². The zero-order chi connectivity index (χ0) is 17.2. The average Bonchev–Trinajstić information content (AvgIpc) is 2.55. The molecule has 0 radical (unpaired) electrons. The Bertz CT molecular complexity index is 852. The van der Waals surface area contributed by atoms with Crippen LogP contribution in [-0.4, -0.2) is 31.9 Å². The molecule has 1 aliphatic rings. The van der Waals surface area contributed by atoms with Gasteiger partial charge in [-0.3, -0.25) is 0 Å². The first-order valence-corrected chi connectivity index (χ1v) is 9.23. The van der Waals surface area contributed by atoms with Gasteiger partial charge in [0.05, 0.1) is 11.0 Å². The fourth-order valence-electron chi connectivity index (χ4n) is 2.77. The van der Waals surface area contributed by atoms with Crippen molar-refractivity contribution in [2.75, 3.05) is 13.1 Å². The summed E-state index contributed by atoms with van der Waals surface area (Å²) >= 11 is 0. The van der Waals surface area contributed by atoms with E-state index in [2.05, 4.69) is 0 Å². The number of hydrogen-bond acceptors (Lipinski definition) is 5. The van der Waals surface area contributed by atoms with E-state index in [0.717, 1.165) is 0 Å². The smallest absolute Gasteiger partial charge is 0.339 e. The minimum atomic E-state index is -3.46. The van der Waals surface area contributed by atoms with Crippen LogP contribution >= 0.6 is 0 Å². The van der Waals surface area contributed by atoms with Crippen LogP contribution in [0.3, 0.4) is 0 Å². The lowest BCUT2D eigenvalue weighted by Gasteiger charge is -2.31. The zero-order valence-corrected chi connectivity index (χ0v) is 14.2. The van der Waals surface area contributed by atoms with Crippen molar-refractivity contribution in [3.05, 3.63) is 58.6 Å². The second-order valence-electron chi connectivity index (χ2n) is 5.76. The molecule has 2 aromatic rings. The molecule has 24 heavy (non-hydrogen) atoms. The lowest BCUT2D eigenvalue weighted by Crippen LogP contribution is -2.41. The van der Waals surface area contributed by atoms with E-state index in [9.17, 15) is 13.2 Å². The first-order valence-electron chi connectivity index (χ1n) is 7.79. The molecule has 1 aromatic heterocycles. The molecule has 128 valence electrons.